The molecule has 0 N–H and O–H groups in total. The number of hydrogen-bond donors (Lipinski definition) is 0. The maximum absolute atomic E-state index is 14.8. The van der Waals surface area contributed by atoms with Crippen LogP contribution in [0, 0.1) is 24.4 Å². The van der Waals surface area contributed by atoms with Crippen LogP contribution in [0.4, 0.5) is 13.2 Å². The lowest BCUT2D eigenvalue weighted by Crippen LogP contribution is -2.23. The summed E-state index contributed by atoms with van der Waals surface area (Å²) in [5, 5.41) is 4.36. The molecular weight excluding hydrogens is 495 g/mol. The molecule has 1 aliphatic carbocycles. The fraction of sp³-hybridized carbons (Fsp3) is 0.360. The zero-order chi connectivity index (χ0) is 25.1. The van der Waals surface area contributed by atoms with E-state index in [1.54, 1.807) is 6.20 Å². The van der Waals surface area contributed by atoms with E-state index < -0.39 is 23.0 Å². The molecule has 0 spiro atoms. The summed E-state index contributed by atoms with van der Waals surface area (Å²) in [6.07, 6.45) is 8.50. The van der Waals surface area contributed by atoms with Gasteiger partial charge in [0, 0.05) is 42.1 Å². The first-order valence-electron chi connectivity index (χ1n) is 11.7. The molecule has 3 aromatic heterocycles. The second kappa shape index (κ2) is 8.70. The molecule has 1 aliphatic heterocycles. The number of benzene rings is 1. The largest absolute Gasteiger partial charge is 0.373 e. The van der Waals surface area contributed by atoms with Crippen molar-refractivity contribution in [2.24, 2.45) is 0 Å². The summed E-state index contributed by atoms with van der Waals surface area (Å²) in [5.74, 6) is -3.72. The summed E-state index contributed by atoms with van der Waals surface area (Å²) in [5.41, 5.74) is 0.747. The molecule has 186 valence electrons. The van der Waals surface area contributed by atoms with E-state index in [9.17, 15) is 18.0 Å². The van der Waals surface area contributed by atoms with Crippen molar-refractivity contribution in [1.82, 2.24) is 24.1 Å². The van der Waals surface area contributed by atoms with Crippen LogP contribution in [0.1, 0.15) is 60.7 Å². The number of aryl methyl sites for hydroxylation is 1. The maximum Gasteiger partial charge on any atom is 0.277 e. The first-order valence-corrected chi connectivity index (χ1v) is 12.1. The van der Waals surface area contributed by atoms with Gasteiger partial charge in [0.05, 0.1) is 29.7 Å². The van der Waals surface area contributed by atoms with Crippen molar-refractivity contribution in [3.05, 3.63) is 80.5 Å². The summed E-state index contributed by atoms with van der Waals surface area (Å²) in [6, 6.07) is 1.63. The fourth-order valence-corrected chi connectivity index (χ4v) is 4.82. The molecule has 0 amide bonds. The van der Waals surface area contributed by atoms with E-state index in [1.165, 1.54) is 17.5 Å². The third-order valence-electron chi connectivity index (χ3n) is 6.82. The van der Waals surface area contributed by atoms with Crippen LogP contribution in [-0.4, -0.2) is 30.8 Å². The highest BCUT2D eigenvalue weighted by atomic mass is 35.5. The van der Waals surface area contributed by atoms with Gasteiger partial charge in [-0.1, -0.05) is 11.6 Å². The predicted molar refractivity (Wildman–Crippen MR) is 125 cm³/mol. The molecule has 1 aromatic carbocycles. The zero-order valence-electron chi connectivity index (χ0n) is 19.2. The van der Waals surface area contributed by atoms with Crippen LogP contribution in [0.5, 0.6) is 0 Å². The van der Waals surface area contributed by atoms with Crippen LogP contribution in [0.25, 0.3) is 16.9 Å². The number of hydrogen-bond acceptors (Lipinski definition) is 5. The van der Waals surface area contributed by atoms with E-state index >= 15 is 0 Å². The van der Waals surface area contributed by atoms with Gasteiger partial charge in [-0.2, -0.15) is 5.10 Å². The highest BCUT2D eigenvalue weighted by Crippen LogP contribution is 2.40. The predicted octanol–water partition coefficient (Wildman–Crippen LogP) is 5.30. The lowest BCUT2D eigenvalue weighted by Gasteiger charge is -2.29. The minimum Gasteiger partial charge on any atom is -0.373 e. The molecule has 6 rings (SSSR count). The van der Waals surface area contributed by atoms with Gasteiger partial charge in [0.2, 0.25) is 0 Å². The van der Waals surface area contributed by atoms with E-state index in [-0.39, 0.29) is 39.6 Å². The summed E-state index contributed by atoms with van der Waals surface area (Å²) in [4.78, 5) is 22.0. The first kappa shape index (κ1) is 23.2. The third kappa shape index (κ3) is 3.98. The van der Waals surface area contributed by atoms with Gasteiger partial charge in [-0.15, -0.1) is 0 Å². The van der Waals surface area contributed by atoms with Gasteiger partial charge in [-0.3, -0.25) is 13.9 Å². The molecule has 4 heterocycles. The fourth-order valence-electron chi connectivity index (χ4n) is 4.68. The second-order valence-electron chi connectivity index (χ2n) is 9.34. The Morgan fingerprint density at radius 3 is 2.61 bits per heavy atom. The topological polar surface area (TPSA) is 74.3 Å². The summed E-state index contributed by atoms with van der Waals surface area (Å²) in [7, 11) is 0. The Labute approximate surface area is 208 Å². The molecule has 2 aliphatic rings. The quantitative estimate of drug-likeness (QED) is 0.345. The highest BCUT2D eigenvalue weighted by Gasteiger charge is 2.31. The highest BCUT2D eigenvalue weighted by molar-refractivity contribution is 6.31. The Morgan fingerprint density at radius 2 is 1.83 bits per heavy atom. The van der Waals surface area contributed by atoms with E-state index in [1.807, 2.05) is 10.9 Å². The van der Waals surface area contributed by atoms with E-state index in [2.05, 4.69) is 15.1 Å². The lowest BCUT2D eigenvalue weighted by molar-refractivity contribution is 0.00454. The standard InChI is InChI=1S/C25H21ClF3N5O2/c1-12-22(26)25(35)33-11-20(32-23(24(33)31-12)16-7-18(28)19(29)8-17(16)27)13-4-5-36-21(6-13)14-9-30-34(10-14)15-2-3-15/h7-11,13,15,21H,2-6H2,1H3/t13-,21-/m0/s1. The number of nitrogens with zero attached hydrogens (tertiary/aromatic N) is 5. The van der Waals surface area contributed by atoms with Crippen molar-refractivity contribution in [1.29, 1.82) is 0 Å². The van der Waals surface area contributed by atoms with Crippen LogP contribution in [-0.2, 0) is 4.74 Å². The van der Waals surface area contributed by atoms with Gasteiger partial charge in [-0.05, 0) is 38.7 Å². The number of halogens is 4. The molecule has 0 radical (unpaired) electrons. The van der Waals surface area contributed by atoms with Gasteiger partial charge >= 0.3 is 0 Å². The Kier molecular flexibility index (Phi) is 5.60. The number of fused-ring (bicyclic) bond motifs is 1. The Morgan fingerprint density at radius 1 is 1.06 bits per heavy atom. The molecule has 1 saturated carbocycles. The Balaban J connectivity index is 1.47. The van der Waals surface area contributed by atoms with Crippen LogP contribution in [0.3, 0.4) is 0 Å². The second-order valence-corrected chi connectivity index (χ2v) is 9.71. The van der Waals surface area contributed by atoms with Gasteiger partial charge in [0.15, 0.2) is 17.3 Å². The SMILES string of the molecule is Cc1nc2c(-c3cc(F)c(F)cc3F)nc([C@H]3CCO[C@H](c4cnn(C5CC5)c4)C3)cn2c(=O)c1Cl. The van der Waals surface area contributed by atoms with Crippen molar-refractivity contribution in [3.8, 4) is 11.3 Å². The van der Waals surface area contributed by atoms with E-state index in [4.69, 9.17) is 16.3 Å². The maximum atomic E-state index is 14.8. The van der Waals surface area contributed by atoms with Crippen molar-refractivity contribution >= 4 is 17.2 Å². The molecule has 4 aromatic rings. The number of ether oxygens (including phenoxy) is 1. The van der Waals surface area contributed by atoms with Crippen molar-refractivity contribution in [2.45, 2.75) is 50.7 Å². The van der Waals surface area contributed by atoms with Gasteiger partial charge in [0.1, 0.15) is 16.5 Å². The first-order chi connectivity index (χ1) is 17.3. The molecule has 0 unspecified atom stereocenters. The monoisotopic (exact) mass is 515 g/mol. The van der Waals surface area contributed by atoms with Crippen molar-refractivity contribution < 1.29 is 17.9 Å². The summed E-state index contributed by atoms with van der Waals surface area (Å²) < 4.78 is 51.8. The molecule has 36 heavy (non-hydrogen) atoms. The molecule has 2 atom stereocenters. The van der Waals surface area contributed by atoms with Crippen molar-refractivity contribution in [3.63, 3.8) is 0 Å². The zero-order valence-corrected chi connectivity index (χ0v) is 20.0. The minimum absolute atomic E-state index is 0.00452. The minimum atomic E-state index is -1.32. The Hall–Kier alpha value is -3.24. The number of rotatable bonds is 4. The molecule has 0 bridgehead atoms. The summed E-state index contributed by atoms with van der Waals surface area (Å²) >= 11 is 6.18. The van der Waals surface area contributed by atoms with Crippen LogP contribution < -0.4 is 5.56 Å². The van der Waals surface area contributed by atoms with Gasteiger partial charge < -0.3 is 4.74 Å². The smallest absolute Gasteiger partial charge is 0.277 e. The molecular formula is C25H21ClF3N5O2. The van der Waals surface area contributed by atoms with Crippen LogP contribution >= 0.6 is 11.6 Å². The molecule has 2 fully saturated rings. The average molecular weight is 516 g/mol. The van der Waals surface area contributed by atoms with Crippen LogP contribution in [0.15, 0.2) is 35.5 Å². The Bertz CT molecular complexity index is 1570. The van der Waals surface area contributed by atoms with E-state index in [0.717, 1.165) is 24.5 Å². The molecule has 7 nitrogen and oxygen atoms in total. The number of aromatic nitrogens is 5. The van der Waals surface area contributed by atoms with Crippen LogP contribution in [0.2, 0.25) is 5.02 Å². The normalized spacial score (nSPS) is 20.2. The van der Waals surface area contributed by atoms with Crippen molar-refractivity contribution in [2.75, 3.05) is 6.61 Å². The molecule has 1 saturated heterocycles. The molecule has 11 heteroatoms. The van der Waals surface area contributed by atoms with E-state index in [0.29, 0.717) is 37.3 Å². The van der Waals surface area contributed by atoms with Gasteiger partial charge in [0.25, 0.3) is 5.56 Å². The lowest BCUT2D eigenvalue weighted by atomic mass is 9.90. The van der Waals surface area contributed by atoms with Gasteiger partial charge in [-0.25, -0.2) is 23.1 Å². The third-order valence-corrected chi connectivity index (χ3v) is 7.26. The average Bonchev–Trinajstić information content (AvgIpc) is 3.61. The summed E-state index contributed by atoms with van der Waals surface area (Å²) in [6.45, 7) is 1.98.